The van der Waals surface area contributed by atoms with E-state index < -0.39 is 30.6 Å². The largest absolute Gasteiger partial charge is 0.480 e. The lowest BCUT2D eigenvalue weighted by atomic mass is 9.98. The van der Waals surface area contributed by atoms with Crippen LogP contribution in [0.25, 0.3) is 11.1 Å². The first-order valence-corrected chi connectivity index (χ1v) is 11.6. The molecule has 0 heterocycles. The number of benzene rings is 2. The molecule has 0 spiro atoms. The summed E-state index contributed by atoms with van der Waals surface area (Å²) in [5.41, 5.74) is 4.56. The van der Waals surface area contributed by atoms with Gasteiger partial charge in [-0.25, -0.2) is 4.79 Å². The maximum Gasteiger partial charge on any atom is 0.407 e. The van der Waals surface area contributed by atoms with Gasteiger partial charge in [0.15, 0.2) is 0 Å². The molecule has 1 unspecified atom stereocenters. The van der Waals surface area contributed by atoms with Crippen LogP contribution in [-0.4, -0.2) is 93.0 Å². The number of carbonyl (C=O) groups excluding carboxylic acids is 2. The highest BCUT2D eigenvalue weighted by Crippen LogP contribution is 2.44. The molecule has 0 aliphatic heterocycles. The second-order valence-corrected chi connectivity index (χ2v) is 8.72. The number of carboxylic acids is 1. The zero-order chi connectivity index (χ0) is 25.4. The smallest absolute Gasteiger partial charge is 0.407 e. The minimum absolute atomic E-state index is 0.0391. The van der Waals surface area contributed by atoms with Crippen molar-refractivity contribution in [3.05, 3.63) is 59.7 Å². The molecule has 1 aliphatic carbocycles. The van der Waals surface area contributed by atoms with Crippen LogP contribution in [0.15, 0.2) is 48.5 Å². The van der Waals surface area contributed by atoms with Crippen LogP contribution >= 0.6 is 0 Å². The lowest BCUT2D eigenvalue weighted by Gasteiger charge is -2.26. The number of alkyl carbamates (subject to hydrolysis) is 1. The van der Waals surface area contributed by atoms with Gasteiger partial charge < -0.3 is 29.7 Å². The lowest BCUT2D eigenvalue weighted by Crippen LogP contribution is -2.46. The summed E-state index contributed by atoms with van der Waals surface area (Å²) < 4.78 is 10.8. The number of fused-ring (bicyclic) bond motifs is 3. The Morgan fingerprint density at radius 1 is 1.00 bits per heavy atom. The van der Waals surface area contributed by atoms with Gasteiger partial charge in [0.05, 0.1) is 0 Å². The van der Waals surface area contributed by atoms with Gasteiger partial charge in [-0.1, -0.05) is 48.5 Å². The van der Waals surface area contributed by atoms with Crippen LogP contribution in [0.3, 0.4) is 0 Å². The molecule has 9 heteroatoms. The number of methoxy groups -OCH3 is 1. The number of amides is 2. The molecular weight excluding hydrogens is 450 g/mol. The number of hydrogen-bond donors (Lipinski definition) is 2. The Hall–Kier alpha value is -3.43. The van der Waals surface area contributed by atoms with Gasteiger partial charge in [0, 0.05) is 39.1 Å². The quantitative estimate of drug-likeness (QED) is 0.477. The fourth-order valence-electron chi connectivity index (χ4n) is 4.25. The molecule has 35 heavy (non-hydrogen) atoms. The topological polar surface area (TPSA) is 108 Å². The first kappa shape index (κ1) is 26.2. The molecule has 0 saturated carbocycles. The molecule has 0 aromatic heterocycles. The van der Waals surface area contributed by atoms with Gasteiger partial charge in [-0.2, -0.15) is 0 Å². The van der Waals surface area contributed by atoms with Crippen LogP contribution < -0.4 is 5.32 Å². The molecule has 0 saturated heterocycles. The van der Waals surface area contributed by atoms with E-state index in [-0.39, 0.29) is 32.0 Å². The van der Waals surface area contributed by atoms with Gasteiger partial charge in [0.25, 0.3) is 5.91 Å². The zero-order valence-corrected chi connectivity index (χ0v) is 20.4. The number of likely N-dealkylation sites (N-methyl/N-ethyl adjacent to an activating group) is 1. The van der Waals surface area contributed by atoms with Gasteiger partial charge in [-0.3, -0.25) is 9.59 Å². The van der Waals surface area contributed by atoms with E-state index in [1.165, 1.54) is 12.0 Å². The summed E-state index contributed by atoms with van der Waals surface area (Å²) in [6.07, 6.45) is -1.26. The number of ether oxygens (including phenoxy) is 2. The Bertz CT molecular complexity index is 996. The van der Waals surface area contributed by atoms with Crippen LogP contribution in [-0.2, 0) is 19.1 Å². The molecule has 3 rings (SSSR count). The van der Waals surface area contributed by atoms with Crippen LogP contribution in [0.4, 0.5) is 4.79 Å². The summed E-state index contributed by atoms with van der Waals surface area (Å²) in [4.78, 5) is 39.5. The molecule has 2 N–H and O–H groups in total. The van der Waals surface area contributed by atoms with Crippen molar-refractivity contribution < 1.29 is 29.0 Å². The Morgan fingerprint density at radius 2 is 1.60 bits per heavy atom. The van der Waals surface area contributed by atoms with Gasteiger partial charge >= 0.3 is 12.1 Å². The Labute approximate surface area is 205 Å². The maximum absolute atomic E-state index is 12.8. The third-order valence-corrected chi connectivity index (χ3v) is 6.03. The molecule has 2 aromatic carbocycles. The fourth-order valence-corrected chi connectivity index (χ4v) is 4.25. The van der Waals surface area contributed by atoms with E-state index in [1.807, 2.05) is 43.3 Å². The van der Waals surface area contributed by atoms with Crippen molar-refractivity contribution in [2.75, 3.05) is 54.0 Å². The predicted octanol–water partition coefficient (Wildman–Crippen LogP) is 2.41. The Kier molecular flexibility index (Phi) is 9.22. The summed E-state index contributed by atoms with van der Waals surface area (Å²) in [5, 5.41) is 11.8. The minimum Gasteiger partial charge on any atom is -0.480 e. The van der Waals surface area contributed by atoms with Gasteiger partial charge in [-0.05, 0) is 36.3 Å². The molecule has 0 radical (unpaired) electrons. The second-order valence-electron chi connectivity index (χ2n) is 8.72. The number of nitrogens with one attached hydrogen (secondary N) is 1. The molecule has 188 valence electrons. The highest BCUT2D eigenvalue weighted by atomic mass is 16.5. The molecule has 9 nitrogen and oxygen atoms in total. The van der Waals surface area contributed by atoms with Crippen LogP contribution in [0, 0.1) is 0 Å². The summed E-state index contributed by atoms with van der Waals surface area (Å²) >= 11 is 0. The first-order valence-electron chi connectivity index (χ1n) is 11.6. The van der Waals surface area contributed by atoms with E-state index in [9.17, 15) is 14.4 Å². The fraction of sp³-hybridized carbons (Fsp3) is 0.423. The third kappa shape index (κ3) is 6.80. The van der Waals surface area contributed by atoms with E-state index in [4.69, 9.17) is 14.6 Å². The molecule has 0 fully saturated rings. The van der Waals surface area contributed by atoms with Crippen molar-refractivity contribution in [3.63, 3.8) is 0 Å². The highest BCUT2D eigenvalue weighted by Gasteiger charge is 2.29. The zero-order valence-electron chi connectivity index (χ0n) is 20.4. The van der Waals surface area contributed by atoms with Crippen LogP contribution in [0.5, 0.6) is 0 Å². The number of hydrogen-bond acceptors (Lipinski definition) is 6. The first-order chi connectivity index (χ1) is 16.8. The summed E-state index contributed by atoms with van der Waals surface area (Å²) in [6.45, 7) is 0.719. The third-order valence-electron chi connectivity index (χ3n) is 6.03. The maximum atomic E-state index is 12.8. The van der Waals surface area contributed by atoms with Crippen molar-refractivity contribution in [1.82, 2.24) is 15.1 Å². The van der Waals surface area contributed by atoms with Gasteiger partial charge in [-0.15, -0.1) is 0 Å². The monoisotopic (exact) mass is 483 g/mol. The SMILES string of the molecule is COC(CCNC(=O)OCC1c2ccccc2-c2ccccc21)C(=O)N(CCN(C)C)CC(=O)O. The number of rotatable bonds is 12. The van der Waals surface area contributed by atoms with E-state index in [0.29, 0.717) is 6.54 Å². The molecule has 2 amide bonds. The van der Waals surface area contributed by atoms with Crippen LogP contribution in [0.2, 0.25) is 0 Å². The molecule has 2 aromatic rings. The summed E-state index contributed by atoms with van der Waals surface area (Å²) in [7, 11) is 5.08. The summed E-state index contributed by atoms with van der Waals surface area (Å²) in [6, 6.07) is 16.2. The molecule has 0 bridgehead atoms. The van der Waals surface area contributed by atoms with E-state index in [0.717, 1.165) is 22.3 Å². The number of aliphatic carboxylic acids is 1. The van der Waals surface area contributed by atoms with E-state index in [2.05, 4.69) is 29.6 Å². The van der Waals surface area contributed by atoms with Gasteiger partial charge in [0.2, 0.25) is 0 Å². The molecule has 1 aliphatic rings. The second kappa shape index (κ2) is 12.3. The lowest BCUT2D eigenvalue weighted by molar-refractivity contribution is -0.150. The predicted molar refractivity (Wildman–Crippen MR) is 131 cm³/mol. The standard InChI is InChI=1S/C26H33N3O6/c1-28(2)14-15-29(16-24(30)31)25(32)23(34-3)12-13-27-26(33)35-17-22-20-10-6-4-8-18(20)19-9-5-7-11-21(19)22/h4-11,22-23H,12-17H2,1-3H3,(H,27,33)(H,30,31). The normalized spacial score (nSPS) is 13.1. The van der Waals surface area contributed by atoms with E-state index in [1.54, 1.807) is 0 Å². The van der Waals surface area contributed by atoms with Crippen molar-refractivity contribution >= 4 is 18.0 Å². The Morgan fingerprint density at radius 3 is 2.14 bits per heavy atom. The van der Waals surface area contributed by atoms with Crippen molar-refractivity contribution in [2.24, 2.45) is 0 Å². The van der Waals surface area contributed by atoms with Crippen LogP contribution in [0.1, 0.15) is 23.5 Å². The minimum atomic E-state index is -1.09. The molecule has 1 atom stereocenters. The van der Waals surface area contributed by atoms with Gasteiger partial charge in [0.1, 0.15) is 19.3 Å². The Balaban J connectivity index is 1.51. The van der Waals surface area contributed by atoms with Crippen molar-refractivity contribution in [1.29, 1.82) is 0 Å². The van der Waals surface area contributed by atoms with Crippen molar-refractivity contribution in [3.8, 4) is 11.1 Å². The molecular formula is C26H33N3O6. The summed E-state index contributed by atoms with van der Waals surface area (Å²) in [5.74, 6) is -1.56. The van der Waals surface area contributed by atoms with Crippen molar-refractivity contribution in [2.45, 2.75) is 18.4 Å². The number of carbonyl (C=O) groups is 3. The van der Waals surface area contributed by atoms with E-state index >= 15 is 0 Å². The number of nitrogens with zero attached hydrogens (tertiary/aromatic N) is 2. The average Bonchev–Trinajstić information content (AvgIpc) is 3.16. The average molecular weight is 484 g/mol. The highest BCUT2D eigenvalue weighted by molar-refractivity contribution is 5.84. The number of carboxylic acid groups (broad SMARTS) is 1.